The number of nitrogens with zero attached hydrogens (tertiary/aromatic N) is 1. The molecule has 0 fully saturated rings. The summed E-state index contributed by atoms with van der Waals surface area (Å²) in [6.45, 7) is 4.61. The minimum atomic E-state index is 0. The number of carbonyl (C=O) groups is 1. The number of aryl methyl sites for hydroxylation is 1. The topological polar surface area (TPSA) is 58.4 Å². The molecule has 0 spiro atoms. The number of hydrogen-bond acceptors (Lipinski definition) is 3. The van der Waals surface area contributed by atoms with Gasteiger partial charge in [-0.3, -0.25) is 4.79 Å². The van der Waals surface area contributed by atoms with Crippen LogP contribution in [0, 0.1) is 6.92 Å². The third kappa shape index (κ3) is 8.59. The summed E-state index contributed by atoms with van der Waals surface area (Å²) in [7, 11) is 4.05. The maximum absolute atomic E-state index is 11.8. The fourth-order valence-electron chi connectivity index (χ4n) is 2.04. The quantitative estimate of drug-likeness (QED) is 0.795. The van der Waals surface area contributed by atoms with Gasteiger partial charge in [0.1, 0.15) is 0 Å². The van der Waals surface area contributed by atoms with Gasteiger partial charge >= 0.3 is 0 Å². The highest BCUT2D eigenvalue weighted by molar-refractivity contribution is 5.85. The molecule has 0 aliphatic heterocycles. The zero-order valence-corrected chi connectivity index (χ0v) is 15.5. The highest BCUT2D eigenvalue weighted by atomic mass is 35.5. The first kappa shape index (κ1) is 23.5. The van der Waals surface area contributed by atoms with Gasteiger partial charge in [0, 0.05) is 19.0 Å². The highest BCUT2D eigenvalue weighted by Crippen LogP contribution is 2.17. The van der Waals surface area contributed by atoms with Gasteiger partial charge in [0.2, 0.25) is 5.91 Å². The third-order valence-electron chi connectivity index (χ3n) is 3.40. The second kappa shape index (κ2) is 11.7. The summed E-state index contributed by atoms with van der Waals surface area (Å²) in [5.74, 6) is 0.0706. The summed E-state index contributed by atoms with van der Waals surface area (Å²) >= 11 is 0. The molecule has 2 atom stereocenters. The predicted molar refractivity (Wildman–Crippen MR) is 98.0 cm³/mol. The molecule has 4 nitrogen and oxygen atoms in total. The summed E-state index contributed by atoms with van der Waals surface area (Å²) in [4.78, 5) is 13.9. The van der Waals surface area contributed by atoms with Crippen LogP contribution in [-0.2, 0) is 4.79 Å². The van der Waals surface area contributed by atoms with Crippen molar-refractivity contribution in [3.8, 4) is 0 Å². The first-order valence-corrected chi connectivity index (χ1v) is 7.15. The van der Waals surface area contributed by atoms with E-state index in [1.165, 1.54) is 11.1 Å². The van der Waals surface area contributed by atoms with Crippen molar-refractivity contribution in [2.75, 3.05) is 20.6 Å². The van der Waals surface area contributed by atoms with E-state index < -0.39 is 0 Å². The van der Waals surface area contributed by atoms with Gasteiger partial charge in [-0.05, 0) is 39.9 Å². The van der Waals surface area contributed by atoms with Crippen LogP contribution in [0.4, 0.5) is 0 Å². The van der Waals surface area contributed by atoms with Gasteiger partial charge in [0.25, 0.3) is 0 Å². The van der Waals surface area contributed by atoms with Gasteiger partial charge < -0.3 is 16.0 Å². The molecule has 2 unspecified atom stereocenters. The molecule has 1 aromatic rings. The maximum Gasteiger partial charge on any atom is 0.220 e. The molecule has 0 saturated heterocycles. The molecule has 0 aliphatic carbocycles. The minimum absolute atomic E-state index is 0. The lowest BCUT2D eigenvalue weighted by molar-refractivity contribution is -0.121. The van der Waals surface area contributed by atoms with Crippen LogP contribution in [0.2, 0.25) is 0 Å². The Hall–Kier alpha value is -0.810. The molecule has 0 aliphatic rings. The molecule has 22 heavy (non-hydrogen) atoms. The van der Waals surface area contributed by atoms with Crippen molar-refractivity contribution in [3.63, 3.8) is 0 Å². The van der Waals surface area contributed by atoms with Crippen LogP contribution >= 0.6 is 24.8 Å². The van der Waals surface area contributed by atoms with Gasteiger partial charge in [-0.25, -0.2) is 0 Å². The smallest absolute Gasteiger partial charge is 0.220 e. The summed E-state index contributed by atoms with van der Waals surface area (Å²) in [6, 6.07) is 8.70. The van der Waals surface area contributed by atoms with Crippen molar-refractivity contribution < 1.29 is 4.79 Å². The molecular weight excluding hydrogens is 321 g/mol. The molecule has 0 radical (unpaired) electrons. The van der Waals surface area contributed by atoms with Crippen LogP contribution in [-0.4, -0.2) is 37.5 Å². The standard InChI is InChI=1S/C16H27N3O.2ClH/c1-12-5-8-14(9-6-12)15(19(3)4)11-18-16(20)10-7-13(2)17;;/h5-6,8-9,13,15H,7,10-11,17H2,1-4H3,(H,18,20);2*1H. The van der Waals surface area contributed by atoms with Crippen LogP contribution in [0.1, 0.15) is 36.9 Å². The van der Waals surface area contributed by atoms with Crippen molar-refractivity contribution in [2.45, 2.75) is 38.8 Å². The molecule has 1 aromatic carbocycles. The highest BCUT2D eigenvalue weighted by Gasteiger charge is 2.15. The first-order chi connectivity index (χ1) is 9.40. The lowest BCUT2D eigenvalue weighted by Crippen LogP contribution is -2.35. The molecule has 6 heteroatoms. The van der Waals surface area contributed by atoms with Crippen LogP contribution in [0.5, 0.6) is 0 Å². The Morgan fingerprint density at radius 1 is 1.23 bits per heavy atom. The summed E-state index contributed by atoms with van der Waals surface area (Å²) in [5, 5.41) is 3.00. The van der Waals surface area contributed by atoms with E-state index in [0.29, 0.717) is 13.0 Å². The monoisotopic (exact) mass is 349 g/mol. The Labute approximate surface area is 146 Å². The summed E-state index contributed by atoms with van der Waals surface area (Å²) < 4.78 is 0. The fraction of sp³-hybridized carbons (Fsp3) is 0.562. The number of halogens is 2. The zero-order chi connectivity index (χ0) is 15.1. The number of rotatable bonds is 7. The Bertz CT molecular complexity index is 422. The lowest BCUT2D eigenvalue weighted by atomic mass is 10.0. The lowest BCUT2D eigenvalue weighted by Gasteiger charge is -2.25. The second-order valence-electron chi connectivity index (χ2n) is 5.71. The van der Waals surface area contributed by atoms with E-state index >= 15 is 0 Å². The van der Waals surface area contributed by atoms with Gasteiger partial charge in [-0.2, -0.15) is 0 Å². The third-order valence-corrected chi connectivity index (χ3v) is 3.40. The van der Waals surface area contributed by atoms with Crippen molar-refractivity contribution >= 4 is 30.7 Å². The van der Waals surface area contributed by atoms with Crippen LogP contribution < -0.4 is 11.1 Å². The van der Waals surface area contributed by atoms with Gasteiger partial charge in [-0.1, -0.05) is 29.8 Å². The summed E-state index contributed by atoms with van der Waals surface area (Å²) in [6.07, 6.45) is 1.22. The molecule has 0 bridgehead atoms. The Morgan fingerprint density at radius 2 is 1.77 bits per heavy atom. The normalized spacial score (nSPS) is 12.8. The van der Waals surface area contributed by atoms with E-state index in [9.17, 15) is 4.79 Å². The van der Waals surface area contributed by atoms with Crippen molar-refractivity contribution in [2.24, 2.45) is 5.73 Å². The molecule has 128 valence electrons. The number of likely N-dealkylation sites (N-methyl/N-ethyl adjacent to an activating group) is 1. The van der Waals surface area contributed by atoms with E-state index in [2.05, 4.69) is 41.4 Å². The van der Waals surface area contributed by atoms with Gasteiger partial charge in [0.15, 0.2) is 0 Å². The minimum Gasteiger partial charge on any atom is -0.354 e. The van der Waals surface area contributed by atoms with Gasteiger partial charge in [-0.15, -0.1) is 24.8 Å². The van der Waals surface area contributed by atoms with Gasteiger partial charge in [0.05, 0.1) is 6.04 Å². The molecule has 1 rings (SSSR count). The zero-order valence-electron chi connectivity index (χ0n) is 13.8. The number of amides is 1. The van der Waals surface area contributed by atoms with E-state index in [-0.39, 0.29) is 42.8 Å². The Balaban J connectivity index is 0. The van der Waals surface area contributed by atoms with Crippen LogP contribution in [0.3, 0.4) is 0 Å². The van der Waals surface area contributed by atoms with Crippen LogP contribution in [0.15, 0.2) is 24.3 Å². The Morgan fingerprint density at radius 3 is 2.23 bits per heavy atom. The van der Waals surface area contributed by atoms with Crippen molar-refractivity contribution in [1.29, 1.82) is 0 Å². The SMILES string of the molecule is Cc1ccc(C(CNC(=O)CCC(C)N)N(C)C)cc1.Cl.Cl. The number of carbonyl (C=O) groups excluding carboxylic acids is 1. The average Bonchev–Trinajstić information content (AvgIpc) is 2.38. The van der Waals surface area contributed by atoms with Crippen molar-refractivity contribution in [3.05, 3.63) is 35.4 Å². The number of hydrogen-bond donors (Lipinski definition) is 2. The number of benzene rings is 1. The van der Waals surface area contributed by atoms with E-state index in [4.69, 9.17) is 5.73 Å². The maximum atomic E-state index is 11.8. The molecule has 0 aromatic heterocycles. The first-order valence-electron chi connectivity index (χ1n) is 7.15. The molecule has 0 saturated carbocycles. The van der Waals surface area contributed by atoms with Crippen LogP contribution in [0.25, 0.3) is 0 Å². The number of nitrogens with two attached hydrogens (primary N) is 1. The number of nitrogens with one attached hydrogen (secondary N) is 1. The van der Waals surface area contributed by atoms with E-state index in [0.717, 1.165) is 6.42 Å². The second-order valence-corrected chi connectivity index (χ2v) is 5.71. The van der Waals surface area contributed by atoms with E-state index in [1.54, 1.807) is 0 Å². The largest absolute Gasteiger partial charge is 0.354 e. The summed E-state index contributed by atoms with van der Waals surface area (Å²) in [5.41, 5.74) is 8.12. The predicted octanol–water partition coefficient (Wildman–Crippen LogP) is 2.68. The average molecular weight is 350 g/mol. The Kier molecular flexibility index (Phi) is 12.5. The van der Waals surface area contributed by atoms with Crippen molar-refractivity contribution in [1.82, 2.24) is 10.2 Å². The molecule has 3 N–H and O–H groups in total. The molecular formula is C16H29Cl2N3O. The molecule has 1 amide bonds. The fourth-order valence-corrected chi connectivity index (χ4v) is 2.04. The van der Waals surface area contributed by atoms with E-state index in [1.807, 2.05) is 21.0 Å². The molecule has 0 heterocycles.